The molecule has 93 valence electrons. The molecule has 0 aromatic carbocycles. The molecule has 0 rings (SSSR count). The topological polar surface area (TPSA) is 72.5 Å². The highest BCUT2D eigenvalue weighted by Gasteiger charge is 2.19. The Hall–Kier alpha value is -1.10. The Balaban J connectivity index is 4.02. The van der Waals surface area contributed by atoms with Crippen molar-refractivity contribution in [2.24, 2.45) is 11.8 Å². The zero-order chi connectivity index (χ0) is 12.7. The maximum absolute atomic E-state index is 11.2. The fourth-order valence-corrected chi connectivity index (χ4v) is 0.758. The summed E-state index contributed by atoms with van der Waals surface area (Å²) in [5, 5.41) is 10.7. The summed E-state index contributed by atoms with van der Waals surface area (Å²) in [7, 11) is 0. The van der Waals surface area contributed by atoms with Crippen LogP contribution in [0.3, 0.4) is 0 Å². The van der Waals surface area contributed by atoms with Crippen LogP contribution < -0.4 is 0 Å². The van der Waals surface area contributed by atoms with Crippen molar-refractivity contribution >= 4 is 11.9 Å². The zero-order valence-corrected chi connectivity index (χ0v) is 10.2. The highest BCUT2D eigenvalue weighted by molar-refractivity contribution is 5.72. The van der Waals surface area contributed by atoms with Gasteiger partial charge in [-0.3, -0.25) is 9.59 Å². The van der Waals surface area contributed by atoms with Gasteiger partial charge in [0.05, 0.1) is 11.8 Å². The molecule has 16 heavy (non-hydrogen) atoms. The summed E-state index contributed by atoms with van der Waals surface area (Å²) in [6.45, 7) is 5.95. The van der Waals surface area contributed by atoms with Crippen LogP contribution >= 0.6 is 0 Å². The van der Waals surface area contributed by atoms with Crippen molar-refractivity contribution in [3.8, 4) is 0 Å². The van der Waals surface area contributed by atoms with Crippen molar-refractivity contribution < 1.29 is 24.2 Å². The average molecular weight is 231 g/mol. The van der Waals surface area contributed by atoms with Crippen molar-refractivity contribution in [3.63, 3.8) is 0 Å². The summed E-state index contributed by atoms with van der Waals surface area (Å²) in [5.74, 6) is -1.41. The van der Waals surface area contributed by atoms with Crippen LogP contribution in [0, 0.1) is 11.8 Å². The van der Waals surface area contributed by atoms with Gasteiger partial charge in [-0.15, -0.1) is 0 Å². The third-order valence-electron chi connectivity index (χ3n) is 1.82. The van der Waals surface area contributed by atoms with E-state index in [1.165, 1.54) is 0 Å². The molecule has 0 N–H and O–H groups in total. The minimum atomic E-state index is -0.891. The van der Waals surface area contributed by atoms with Gasteiger partial charge in [-0.25, -0.2) is 5.11 Å². The highest BCUT2D eigenvalue weighted by atomic mass is 16.6. The molecule has 1 atom stereocenters. The summed E-state index contributed by atoms with van der Waals surface area (Å²) in [5.41, 5.74) is 0. The van der Waals surface area contributed by atoms with Gasteiger partial charge in [0.1, 0.15) is 13.2 Å². The predicted molar refractivity (Wildman–Crippen MR) is 56.1 cm³/mol. The Morgan fingerprint density at radius 1 is 1.00 bits per heavy atom. The molecular formula is C11H19O5. The number of rotatable bonds is 6. The van der Waals surface area contributed by atoms with Crippen molar-refractivity contribution in [2.45, 2.75) is 33.8 Å². The molecule has 0 heterocycles. The molecule has 1 radical (unpaired) electrons. The Kier molecular flexibility index (Phi) is 6.72. The van der Waals surface area contributed by atoms with Crippen molar-refractivity contribution in [1.82, 2.24) is 0 Å². The summed E-state index contributed by atoms with van der Waals surface area (Å²) < 4.78 is 9.68. The third-order valence-corrected chi connectivity index (χ3v) is 1.82. The van der Waals surface area contributed by atoms with Crippen LogP contribution in [0.5, 0.6) is 0 Å². The van der Waals surface area contributed by atoms with Crippen LogP contribution in [0.25, 0.3) is 0 Å². The maximum atomic E-state index is 11.2. The van der Waals surface area contributed by atoms with Gasteiger partial charge >= 0.3 is 11.9 Å². The number of ether oxygens (including phenoxy) is 2. The Morgan fingerprint density at radius 2 is 1.50 bits per heavy atom. The first kappa shape index (κ1) is 14.9. The second kappa shape index (κ2) is 7.22. The SMILES string of the molecule is CC(C)C(=O)OC[C@H](C[O])OC(=O)C(C)C. The second-order valence-corrected chi connectivity index (χ2v) is 4.17. The normalized spacial score (nSPS) is 12.7. The smallest absolute Gasteiger partial charge is 0.308 e. The molecule has 0 amide bonds. The average Bonchev–Trinajstić information content (AvgIpc) is 2.22. The molecule has 5 nitrogen and oxygen atoms in total. The molecule has 0 aromatic rings. The lowest BCUT2D eigenvalue weighted by molar-refractivity contribution is -0.166. The van der Waals surface area contributed by atoms with E-state index in [2.05, 4.69) is 0 Å². The van der Waals surface area contributed by atoms with E-state index < -0.39 is 24.6 Å². The lowest BCUT2D eigenvalue weighted by atomic mass is 10.2. The van der Waals surface area contributed by atoms with Gasteiger partial charge in [-0.1, -0.05) is 27.7 Å². The molecule has 0 spiro atoms. The fraction of sp³-hybridized carbons (Fsp3) is 0.818. The summed E-state index contributed by atoms with van der Waals surface area (Å²) >= 11 is 0. The first-order chi connectivity index (χ1) is 7.38. The first-order valence-corrected chi connectivity index (χ1v) is 5.33. The number of carbonyl (C=O) groups excluding carboxylic acids is 2. The lowest BCUT2D eigenvalue weighted by Gasteiger charge is -2.16. The minimum absolute atomic E-state index is 0.168. The predicted octanol–water partition coefficient (Wildman–Crippen LogP) is 1.18. The molecule has 0 aliphatic carbocycles. The molecule has 0 aromatic heterocycles. The van der Waals surface area contributed by atoms with E-state index >= 15 is 0 Å². The largest absolute Gasteiger partial charge is 0.461 e. The minimum Gasteiger partial charge on any atom is -0.461 e. The van der Waals surface area contributed by atoms with Crippen LogP contribution in [-0.4, -0.2) is 31.3 Å². The third kappa shape index (κ3) is 5.70. The van der Waals surface area contributed by atoms with Crippen molar-refractivity contribution in [1.29, 1.82) is 0 Å². The van der Waals surface area contributed by atoms with Crippen molar-refractivity contribution in [3.05, 3.63) is 0 Å². The Bertz CT molecular complexity index is 235. The van der Waals surface area contributed by atoms with E-state index in [1.54, 1.807) is 27.7 Å². The molecule has 0 fully saturated rings. The van der Waals surface area contributed by atoms with Gasteiger partial charge in [0, 0.05) is 0 Å². The summed E-state index contributed by atoms with van der Waals surface area (Å²) in [6, 6.07) is 0. The van der Waals surface area contributed by atoms with Crippen LogP contribution in [0.2, 0.25) is 0 Å². The van der Waals surface area contributed by atoms with Crippen molar-refractivity contribution in [2.75, 3.05) is 13.2 Å². The van der Waals surface area contributed by atoms with E-state index in [-0.39, 0.29) is 18.4 Å². The molecule has 0 saturated heterocycles. The monoisotopic (exact) mass is 231 g/mol. The number of hydrogen-bond acceptors (Lipinski definition) is 4. The molecular weight excluding hydrogens is 212 g/mol. The molecule has 0 aliphatic rings. The summed E-state index contributed by atoms with van der Waals surface area (Å²) in [6.07, 6.45) is -0.891. The second-order valence-electron chi connectivity index (χ2n) is 4.17. The van der Waals surface area contributed by atoms with Gasteiger partial charge in [0.2, 0.25) is 0 Å². The molecule has 0 bridgehead atoms. The van der Waals surface area contributed by atoms with Crippen LogP contribution in [-0.2, 0) is 24.2 Å². The van der Waals surface area contributed by atoms with Gasteiger partial charge in [-0.2, -0.15) is 0 Å². The lowest BCUT2D eigenvalue weighted by Crippen LogP contribution is -2.30. The van der Waals surface area contributed by atoms with Gasteiger partial charge < -0.3 is 9.47 Å². The van der Waals surface area contributed by atoms with Crippen LogP contribution in [0.4, 0.5) is 0 Å². The van der Waals surface area contributed by atoms with Gasteiger partial charge in [-0.05, 0) is 0 Å². The fourth-order valence-electron chi connectivity index (χ4n) is 0.758. The standard InChI is InChI=1S/C11H19O5/c1-7(2)10(13)15-6-9(5-12)16-11(14)8(3)4/h7-9H,5-6H2,1-4H3/t9-/m0/s1. The molecule has 0 aliphatic heterocycles. The number of esters is 2. The van der Waals surface area contributed by atoms with E-state index in [0.29, 0.717) is 0 Å². The summed E-state index contributed by atoms with van der Waals surface area (Å²) in [4.78, 5) is 22.3. The highest BCUT2D eigenvalue weighted by Crippen LogP contribution is 2.03. The Labute approximate surface area is 95.7 Å². The van der Waals surface area contributed by atoms with E-state index in [4.69, 9.17) is 9.47 Å². The zero-order valence-electron chi connectivity index (χ0n) is 10.2. The van der Waals surface area contributed by atoms with E-state index in [1.807, 2.05) is 0 Å². The van der Waals surface area contributed by atoms with E-state index in [9.17, 15) is 14.7 Å². The molecule has 0 unspecified atom stereocenters. The van der Waals surface area contributed by atoms with Gasteiger partial charge in [0.25, 0.3) is 0 Å². The number of carbonyl (C=O) groups is 2. The van der Waals surface area contributed by atoms with Crippen LogP contribution in [0.15, 0.2) is 0 Å². The van der Waals surface area contributed by atoms with E-state index in [0.717, 1.165) is 0 Å². The number of hydrogen-bond donors (Lipinski definition) is 0. The molecule has 5 heteroatoms. The Morgan fingerprint density at radius 3 is 1.88 bits per heavy atom. The van der Waals surface area contributed by atoms with Crippen LogP contribution in [0.1, 0.15) is 27.7 Å². The van der Waals surface area contributed by atoms with Gasteiger partial charge in [0.15, 0.2) is 6.10 Å². The molecule has 0 saturated carbocycles. The first-order valence-electron chi connectivity index (χ1n) is 5.33. The maximum Gasteiger partial charge on any atom is 0.308 e. The quantitative estimate of drug-likeness (QED) is 0.643.